The van der Waals surface area contributed by atoms with E-state index in [0.717, 1.165) is 61.3 Å². The van der Waals surface area contributed by atoms with E-state index in [4.69, 9.17) is 4.74 Å². The monoisotopic (exact) mass is 387 g/mol. The zero-order valence-electron chi connectivity index (χ0n) is 16.5. The minimum Gasteiger partial charge on any atom is -0.494 e. The molecular formula is C23H30FNO3. The Bertz CT molecular complexity index is 765. The molecule has 28 heavy (non-hydrogen) atoms. The van der Waals surface area contributed by atoms with E-state index in [1.54, 1.807) is 0 Å². The van der Waals surface area contributed by atoms with Gasteiger partial charge in [0.1, 0.15) is 11.6 Å². The van der Waals surface area contributed by atoms with E-state index in [2.05, 4.69) is 4.90 Å². The standard InChI is InChI=1S/C23H30FNO3/c1-2-28-22-9-6-19(12-20(22)15-26)14-25-11-3-10-23(16-25,17-27)13-18-4-7-21(24)8-5-18/h4-9,12,26-27H,2-3,10-11,13-17H2,1H3/t23-/m1/s1. The highest BCUT2D eigenvalue weighted by Crippen LogP contribution is 2.34. The Morgan fingerprint density at radius 1 is 1.11 bits per heavy atom. The van der Waals surface area contributed by atoms with E-state index in [1.807, 2.05) is 37.3 Å². The summed E-state index contributed by atoms with van der Waals surface area (Å²) in [5.74, 6) is 0.496. The van der Waals surface area contributed by atoms with Gasteiger partial charge < -0.3 is 14.9 Å². The topological polar surface area (TPSA) is 52.9 Å². The van der Waals surface area contributed by atoms with E-state index >= 15 is 0 Å². The van der Waals surface area contributed by atoms with Gasteiger partial charge in [0.15, 0.2) is 0 Å². The Morgan fingerprint density at radius 2 is 1.86 bits per heavy atom. The summed E-state index contributed by atoms with van der Waals surface area (Å²) >= 11 is 0. The summed E-state index contributed by atoms with van der Waals surface area (Å²) in [7, 11) is 0. The summed E-state index contributed by atoms with van der Waals surface area (Å²) in [6.07, 6.45) is 2.72. The van der Waals surface area contributed by atoms with E-state index < -0.39 is 0 Å². The number of halogens is 1. The Balaban J connectivity index is 1.70. The van der Waals surface area contributed by atoms with Crippen LogP contribution in [-0.4, -0.2) is 41.4 Å². The molecule has 1 fully saturated rings. The van der Waals surface area contributed by atoms with Gasteiger partial charge in [-0.15, -0.1) is 0 Å². The first-order valence-electron chi connectivity index (χ1n) is 10.0. The van der Waals surface area contributed by atoms with Gasteiger partial charge in [-0.3, -0.25) is 4.90 Å². The zero-order chi connectivity index (χ0) is 20.0. The van der Waals surface area contributed by atoms with Crippen LogP contribution in [0.4, 0.5) is 4.39 Å². The number of likely N-dealkylation sites (tertiary alicyclic amines) is 1. The maximum atomic E-state index is 13.2. The van der Waals surface area contributed by atoms with Crippen LogP contribution in [0.15, 0.2) is 42.5 Å². The fourth-order valence-corrected chi connectivity index (χ4v) is 4.22. The van der Waals surface area contributed by atoms with Gasteiger partial charge in [-0.25, -0.2) is 4.39 Å². The van der Waals surface area contributed by atoms with E-state index in [9.17, 15) is 14.6 Å². The molecule has 152 valence electrons. The molecule has 1 saturated heterocycles. The second-order valence-electron chi connectivity index (χ2n) is 7.81. The number of aliphatic hydroxyl groups excluding tert-OH is 2. The van der Waals surface area contributed by atoms with Gasteiger partial charge in [0.25, 0.3) is 0 Å². The fourth-order valence-electron chi connectivity index (χ4n) is 4.22. The first-order chi connectivity index (χ1) is 13.6. The highest BCUT2D eigenvalue weighted by molar-refractivity contribution is 5.37. The molecule has 0 radical (unpaired) electrons. The molecule has 5 heteroatoms. The van der Waals surface area contributed by atoms with Crippen LogP contribution in [0.5, 0.6) is 5.75 Å². The van der Waals surface area contributed by atoms with Crippen LogP contribution in [0.25, 0.3) is 0 Å². The van der Waals surface area contributed by atoms with Crippen LogP contribution >= 0.6 is 0 Å². The summed E-state index contributed by atoms with van der Waals surface area (Å²) in [5, 5.41) is 19.8. The van der Waals surface area contributed by atoms with Crippen molar-refractivity contribution in [2.75, 3.05) is 26.3 Å². The van der Waals surface area contributed by atoms with Gasteiger partial charge in [0.2, 0.25) is 0 Å². The average Bonchev–Trinajstić information content (AvgIpc) is 2.71. The van der Waals surface area contributed by atoms with Gasteiger partial charge in [-0.1, -0.05) is 18.2 Å². The van der Waals surface area contributed by atoms with Crippen LogP contribution in [0, 0.1) is 11.2 Å². The third-order valence-electron chi connectivity index (χ3n) is 5.57. The normalized spacial score (nSPS) is 20.3. The minimum absolute atomic E-state index is 0.0473. The van der Waals surface area contributed by atoms with Gasteiger partial charge in [-0.2, -0.15) is 0 Å². The van der Waals surface area contributed by atoms with Crippen molar-refractivity contribution in [2.24, 2.45) is 5.41 Å². The fraction of sp³-hybridized carbons (Fsp3) is 0.478. The SMILES string of the molecule is CCOc1ccc(CN2CCC[C@@](CO)(Cc3ccc(F)cc3)C2)cc1CO. The number of piperidine rings is 1. The van der Waals surface area contributed by atoms with E-state index in [1.165, 1.54) is 12.1 Å². The third-order valence-corrected chi connectivity index (χ3v) is 5.57. The second-order valence-corrected chi connectivity index (χ2v) is 7.81. The Hall–Kier alpha value is -1.95. The van der Waals surface area contributed by atoms with Crippen molar-refractivity contribution in [3.8, 4) is 5.75 Å². The lowest BCUT2D eigenvalue weighted by Crippen LogP contribution is -2.46. The quantitative estimate of drug-likeness (QED) is 0.728. The van der Waals surface area contributed by atoms with Crippen molar-refractivity contribution >= 4 is 0 Å². The summed E-state index contributed by atoms with van der Waals surface area (Å²) in [6, 6.07) is 12.6. The van der Waals surface area contributed by atoms with Crippen LogP contribution in [0.3, 0.4) is 0 Å². The van der Waals surface area contributed by atoms with E-state index in [0.29, 0.717) is 6.61 Å². The molecule has 0 bridgehead atoms. The lowest BCUT2D eigenvalue weighted by molar-refractivity contribution is 0.0288. The predicted octanol–water partition coefficient (Wildman–Crippen LogP) is 3.53. The van der Waals surface area contributed by atoms with Crippen molar-refractivity contribution < 1.29 is 19.3 Å². The number of benzene rings is 2. The molecule has 1 aliphatic rings. The highest BCUT2D eigenvalue weighted by Gasteiger charge is 2.35. The Morgan fingerprint density at radius 3 is 2.54 bits per heavy atom. The second kappa shape index (κ2) is 9.50. The molecule has 4 nitrogen and oxygen atoms in total. The molecule has 2 aromatic rings. The maximum Gasteiger partial charge on any atom is 0.124 e. The molecule has 1 aliphatic heterocycles. The van der Waals surface area contributed by atoms with Gasteiger partial charge in [0.05, 0.1) is 19.8 Å². The molecule has 0 spiro atoms. The lowest BCUT2D eigenvalue weighted by Gasteiger charge is -2.42. The molecule has 2 aromatic carbocycles. The van der Waals surface area contributed by atoms with Crippen molar-refractivity contribution in [2.45, 2.75) is 39.3 Å². The number of nitrogens with zero attached hydrogens (tertiary/aromatic N) is 1. The molecule has 1 heterocycles. The van der Waals surface area contributed by atoms with Crippen molar-refractivity contribution in [3.63, 3.8) is 0 Å². The first kappa shape index (κ1) is 20.8. The smallest absolute Gasteiger partial charge is 0.124 e. The molecule has 3 rings (SSSR count). The summed E-state index contributed by atoms with van der Waals surface area (Å²) in [6.45, 7) is 5.11. The Labute approximate surface area is 166 Å². The lowest BCUT2D eigenvalue weighted by atomic mass is 9.75. The van der Waals surface area contributed by atoms with Crippen molar-refractivity contribution in [3.05, 3.63) is 65.0 Å². The molecule has 2 N–H and O–H groups in total. The number of ether oxygens (including phenoxy) is 1. The number of hydrogen-bond acceptors (Lipinski definition) is 4. The van der Waals surface area contributed by atoms with Crippen LogP contribution in [-0.2, 0) is 19.6 Å². The summed E-state index contributed by atoms with van der Waals surface area (Å²) in [4.78, 5) is 2.36. The van der Waals surface area contributed by atoms with Crippen molar-refractivity contribution in [1.29, 1.82) is 0 Å². The molecule has 0 unspecified atom stereocenters. The average molecular weight is 387 g/mol. The first-order valence-corrected chi connectivity index (χ1v) is 10.0. The minimum atomic E-state index is -0.234. The van der Waals surface area contributed by atoms with E-state index in [-0.39, 0.29) is 24.4 Å². The maximum absolute atomic E-state index is 13.2. The number of aliphatic hydroxyl groups is 2. The summed E-state index contributed by atoms with van der Waals surface area (Å²) in [5.41, 5.74) is 2.78. The molecule has 0 aliphatic carbocycles. The highest BCUT2D eigenvalue weighted by atomic mass is 19.1. The molecule has 0 saturated carbocycles. The third kappa shape index (κ3) is 5.10. The van der Waals surface area contributed by atoms with Crippen molar-refractivity contribution in [1.82, 2.24) is 4.90 Å². The van der Waals surface area contributed by atoms with Crippen LogP contribution in [0.1, 0.15) is 36.5 Å². The van der Waals surface area contributed by atoms with Gasteiger partial charge in [-0.05, 0) is 68.1 Å². The summed E-state index contributed by atoms with van der Waals surface area (Å²) < 4.78 is 18.8. The molecule has 0 amide bonds. The molecule has 1 atom stereocenters. The number of hydrogen-bond donors (Lipinski definition) is 2. The predicted molar refractivity (Wildman–Crippen MR) is 108 cm³/mol. The zero-order valence-corrected chi connectivity index (χ0v) is 16.5. The number of rotatable bonds is 8. The van der Waals surface area contributed by atoms with Crippen LogP contribution in [0.2, 0.25) is 0 Å². The van der Waals surface area contributed by atoms with Gasteiger partial charge in [0, 0.05) is 24.1 Å². The van der Waals surface area contributed by atoms with Gasteiger partial charge >= 0.3 is 0 Å². The molecule has 0 aromatic heterocycles. The van der Waals surface area contributed by atoms with Crippen LogP contribution < -0.4 is 4.74 Å². The Kier molecular flexibility index (Phi) is 7.05. The largest absolute Gasteiger partial charge is 0.494 e. The molecular weight excluding hydrogens is 357 g/mol.